The topological polar surface area (TPSA) is 59.4 Å². The van der Waals surface area contributed by atoms with Gasteiger partial charge in [0.15, 0.2) is 5.78 Å². The second-order valence-corrected chi connectivity index (χ2v) is 5.93. The van der Waals surface area contributed by atoms with E-state index in [1.807, 2.05) is 36.4 Å². The van der Waals surface area contributed by atoms with E-state index < -0.39 is 0 Å². The Morgan fingerprint density at radius 3 is 2.73 bits per heavy atom. The summed E-state index contributed by atoms with van der Waals surface area (Å²) < 4.78 is 11.0. The van der Waals surface area contributed by atoms with Crippen LogP contribution < -0.4 is 0 Å². The third-order valence-corrected chi connectivity index (χ3v) is 4.79. The Morgan fingerprint density at radius 1 is 1.09 bits per heavy atom. The van der Waals surface area contributed by atoms with Crippen molar-refractivity contribution < 1.29 is 14.6 Å². The first-order valence-corrected chi connectivity index (χ1v) is 7.82. The van der Waals surface area contributed by atoms with Crippen LogP contribution >= 0.6 is 11.5 Å². The van der Waals surface area contributed by atoms with Crippen molar-refractivity contribution in [2.75, 3.05) is 13.2 Å². The highest BCUT2D eigenvalue weighted by Crippen LogP contribution is 2.41. The SMILES string of the molecule is O=C1c2ccccc2-c2nsc3c(COCCO)ccc1c23. The van der Waals surface area contributed by atoms with E-state index >= 15 is 0 Å². The zero-order chi connectivity index (χ0) is 15.1. The second kappa shape index (κ2) is 5.28. The van der Waals surface area contributed by atoms with Gasteiger partial charge >= 0.3 is 0 Å². The molecular formula is C17H13NO3S. The van der Waals surface area contributed by atoms with E-state index in [-0.39, 0.29) is 12.4 Å². The molecular weight excluding hydrogens is 298 g/mol. The first-order valence-electron chi connectivity index (χ1n) is 7.05. The predicted octanol–water partition coefficient (Wildman–Crippen LogP) is 3.02. The molecule has 0 atom stereocenters. The minimum Gasteiger partial charge on any atom is -0.394 e. The standard InChI is InChI=1S/C17H13NO3S/c19-7-8-21-9-10-5-6-13-14-15(18-22-17(10)14)11-3-1-2-4-12(11)16(13)20/h1-6,19H,7-9H2. The number of aliphatic hydroxyl groups is 1. The maximum atomic E-state index is 12.7. The fraction of sp³-hybridized carbons (Fsp3) is 0.176. The molecule has 1 heterocycles. The van der Waals surface area contributed by atoms with Gasteiger partial charge in [-0.2, -0.15) is 4.37 Å². The Labute approximate surface area is 131 Å². The zero-order valence-corrected chi connectivity index (χ0v) is 12.5. The van der Waals surface area contributed by atoms with Crippen LogP contribution in [0.15, 0.2) is 36.4 Å². The van der Waals surface area contributed by atoms with Gasteiger partial charge in [0.05, 0.1) is 30.2 Å². The number of benzene rings is 2. The summed E-state index contributed by atoms with van der Waals surface area (Å²) in [6.45, 7) is 0.715. The van der Waals surface area contributed by atoms with Crippen molar-refractivity contribution in [2.45, 2.75) is 6.61 Å². The number of aromatic nitrogens is 1. The van der Waals surface area contributed by atoms with Crippen LogP contribution in [0.5, 0.6) is 0 Å². The van der Waals surface area contributed by atoms with Gasteiger partial charge in [-0.05, 0) is 23.2 Å². The molecule has 1 aliphatic rings. The van der Waals surface area contributed by atoms with Gasteiger partial charge in [-0.25, -0.2) is 0 Å². The van der Waals surface area contributed by atoms with Crippen LogP contribution in [0.2, 0.25) is 0 Å². The summed E-state index contributed by atoms with van der Waals surface area (Å²) in [6.07, 6.45) is 0. The lowest BCUT2D eigenvalue weighted by molar-refractivity contribution is 0.0822. The highest BCUT2D eigenvalue weighted by molar-refractivity contribution is 7.14. The average Bonchev–Trinajstić information content (AvgIpc) is 2.99. The van der Waals surface area contributed by atoms with Gasteiger partial charge in [-0.1, -0.05) is 30.3 Å². The van der Waals surface area contributed by atoms with Crippen molar-refractivity contribution in [3.8, 4) is 11.3 Å². The first-order chi connectivity index (χ1) is 10.8. The molecule has 0 aliphatic heterocycles. The molecule has 0 fully saturated rings. The van der Waals surface area contributed by atoms with Gasteiger partial charge < -0.3 is 9.84 Å². The van der Waals surface area contributed by atoms with Gasteiger partial charge in [-0.3, -0.25) is 4.79 Å². The molecule has 0 bridgehead atoms. The number of carbonyl (C=O) groups is 1. The molecule has 0 saturated heterocycles. The van der Waals surface area contributed by atoms with Gasteiger partial charge in [0.1, 0.15) is 0 Å². The second-order valence-electron chi connectivity index (χ2n) is 5.16. The molecule has 4 nitrogen and oxygen atoms in total. The van der Waals surface area contributed by atoms with E-state index in [2.05, 4.69) is 4.37 Å². The summed E-state index contributed by atoms with van der Waals surface area (Å²) in [7, 11) is 0. The maximum Gasteiger partial charge on any atom is 0.194 e. The Balaban J connectivity index is 1.91. The molecule has 0 unspecified atom stereocenters. The quantitative estimate of drug-likeness (QED) is 0.589. The highest BCUT2D eigenvalue weighted by atomic mass is 32.1. The zero-order valence-electron chi connectivity index (χ0n) is 11.7. The average molecular weight is 311 g/mol. The number of ether oxygens (including phenoxy) is 1. The summed E-state index contributed by atoms with van der Waals surface area (Å²) in [5.41, 5.74) is 4.21. The first kappa shape index (κ1) is 13.6. The van der Waals surface area contributed by atoms with E-state index in [1.54, 1.807) is 0 Å². The molecule has 2 aromatic carbocycles. The normalized spacial score (nSPS) is 12.7. The predicted molar refractivity (Wildman–Crippen MR) is 85.2 cm³/mol. The minimum absolute atomic E-state index is 0.00102. The molecule has 0 spiro atoms. The summed E-state index contributed by atoms with van der Waals surface area (Å²) >= 11 is 1.40. The van der Waals surface area contributed by atoms with Crippen LogP contribution in [0.25, 0.3) is 21.3 Å². The van der Waals surface area contributed by atoms with E-state index in [9.17, 15) is 4.79 Å². The van der Waals surface area contributed by atoms with Gasteiger partial charge in [0.2, 0.25) is 0 Å². The number of nitrogens with zero attached hydrogens (tertiary/aromatic N) is 1. The lowest BCUT2D eigenvalue weighted by Gasteiger charge is -2.15. The van der Waals surface area contributed by atoms with Gasteiger partial charge in [0, 0.05) is 22.1 Å². The number of rotatable bonds is 4. The molecule has 1 aromatic heterocycles. The van der Waals surface area contributed by atoms with E-state index in [1.165, 1.54) is 11.5 Å². The number of hydrogen-bond donors (Lipinski definition) is 1. The van der Waals surface area contributed by atoms with Crippen LogP contribution in [-0.4, -0.2) is 28.5 Å². The van der Waals surface area contributed by atoms with E-state index in [4.69, 9.17) is 9.84 Å². The van der Waals surface area contributed by atoms with Crippen LogP contribution in [0, 0.1) is 0 Å². The largest absolute Gasteiger partial charge is 0.394 e. The molecule has 0 saturated carbocycles. The Hall–Kier alpha value is -2.08. The molecule has 4 rings (SSSR count). The number of hydrogen-bond acceptors (Lipinski definition) is 5. The van der Waals surface area contributed by atoms with Crippen LogP contribution in [0.3, 0.4) is 0 Å². The molecule has 0 amide bonds. The molecule has 1 N–H and O–H groups in total. The fourth-order valence-corrected chi connectivity index (χ4v) is 3.78. The smallest absolute Gasteiger partial charge is 0.194 e. The van der Waals surface area contributed by atoms with Gasteiger partial charge in [0.25, 0.3) is 0 Å². The number of fused-ring (bicyclic) bond motifs is 2. The van der Waals surface area contributed by atoms with Gasteiger partial charge in [-0.15, -0.1) is 0 Å². The maximum absolute atomic E-state index is 12.7. The molecule has 22 heavy (non-hydrogen) atoms. The van der Waals surface area contributed by atoms with Crippen molar-refractivity contribution in [2.24, 2.45) is 0 Å². The fourth-order valence-electron chi connectivity index (χ4n) is 2.87. The lowest BCUT2D eigenvalue weighted by Crippen LogP contribution is -2.09. The van der Waals surface area contributed by atoms with E-state index in [0.29, 0.717) is 24.3 Å². The highest BCUT2D eigenvalue weighted by Gasteiger charge is 2.28. The number of carbonyl (C=O) groups excluding carboxylic acids is 1. The molecule has 3 aromatic rings. The third kappa shape index (κ3) is 1.90. The van der Waals surface area contributed by atoms with Crippen LogP contribution in [0.1, 0.15) is 21.5 Å². The van der Waals surface area contributed by atoms with Crippen molar-refractivity contribution in [1.29, 1.82) is 0 Å². The van der Waals surface area contributed by atoms with E-state index in [0.717, 1.165) is 26.9 Å². The summed E-state index contributed by atoms with van der Waals surface area (Å²) in [5, 5.41) is 9.75. The summed E-state index contributed by atoms with van der Waals surface area (Å²) in [6, 6.07) is 11.4. The number of aliphatic hydroxyl groups excluding tert-OH is 1. The molecule has 110 valence electrons. The minimum atomic E-state index is 0.00102. The van der Waals surface area contributed by atoms with Crippen molar-refractivity contribution in [1.82, 2.24) is 4.37 Å². The molecule has 0 radical (unpaired) electrons. The van der Waals surface area contributed by atoms with Crippen molar-refractivity contribution in [3.63, 3.8) is 0 Å². The lowest BCUT2D eigenvalue weighted by atomic mass is 9.87. The monoisotopic (exact) mass is 311 g/mol. The summed E-state index contributed by atoms with van der Waals surface area (Å²) in [5.74, 6) is 0.0520. The van der Waals surface area contributed by atoms with Crippen molar-refractivity contribution in [3.05, 3.63) is 53.1 Å². The molecule has 5 heteroatoms. The van der Waals surface area contributed by atoms with Crippen LogP contribution in [0.4, 0.5) is 0 Å². The van der Waals surface area contributed by atoms with Crippen LogP contribution in [-0.2, 0) is 11.3 Å². The molecule has 1 aliphatic carbocycles. The Kier molecular flexibility index (Phi) is 3.26. The Bertz CT molecular complexity index is 885. The van der Waals surface area contributed by atoms with Crippen molar-refractivity contribution >= 4 is 27.4 Å². The summed E-state index contributed by atoms with van der Waals surface area (Å²) in [4.78, 5) is 12.7. The number of ketones is 1. The third-order valence-electron chi connectivity index (χ3n) is 3.87. The Morgan fingerprint density at radius 2 is 1.91 bits per heavy atom.